The van der Waals surface area contributed by atoms with Crippen molar-refractivity contribution in [3.63, 3.8) is 0 Å². The standard InChI is InChI=1S/C11H19ClN4/c1-4-16(5-2)8-9(3)15-11-10(12)13-6-7-14-11/h6-7,9H,4-5,8H2,1-3H3,(H,14,15). The van der Waals surface area contributed by atoms with Crippen LogP contribution in [0.25, 0.3) is 0 Å². The van der Waals surface area contributed by atoms with Crippen LogP contribution in [-0.2, 0) is 0 Å². The zero-order chi connectivity index (χ0) is 12.0. The van der Waals surface area contributed by atoms with Gasteiger partial charge in [-0.3, -0.25) is 0 Å². The van der Waals surface area contributed by atoms with Gasteiger partial charge in [-0.15, -0.1) is 0 Å². The third-order valence-corrected chi connectivity index (χ3v) is 2.74. The maximum Gasteiger partial charge on any atom is 0.171 e. The summed E-state index contributed by atoms with van der Waals surface area (Å²) in [6.07, 6.45) is 3.22. The Hall–Kier alpha value is -0.870. The molecule has 5 heteroatoms. The lowest BCUT2D eigenvalue weighted by atomic mass is 10.3. The molecule has 0 saturated carbocycles. The molecule has 1 rings (SSSR count). The Labute approximate surface area is 102 Å². The summed E-state index contributed by atoms with van der Waals surface area (Å²) < 4.78 is 0. The van der Waals surface area contributed by atoms with E-state index < -0.39 is 0 Å². The summed E-state index contributed by atoms with van der Waals surface area (Å²) >= 11 is 5.92. The number of nitrogens with one attached hydrogen (secondary N) is 1. The predicted molar refractivity (Wildman–Crippen MR) is 67.9 cm³/mol. The molecule has 0 radical (unpaired) electrons. The molecule has 1 unspecified atom stereocenters. The van der Waals surface area contributed by atoms with E-state index in [1.807, 2.05) is 0 Å². The van der Waals surface area contributed by atoms with Gasteiger partial charge in [0.15, 0.2) is 11.0 Å². The monoisotopic (exact) mass is 242 g/mol. The zero-order valence-corrected chi connectivity index (χ0v) is 10.8. The number of hydrogen-bond acceptors (Lipinski definition) is 4. The van der Waals surface area contributed by atoms with Crippen molar-refractivity contribution in [3.8, 4) is 0 Å². The van der Waals surface area contributed by atoms with E-state index in [9.17, 15) is 0 Å². The zero-order valence-electron chi connectivity index (χ0n) is 10.1. The van der Waals surface area contributed by atoms with E-state index in [4.69, 9.17) is 11.6 Å². The first kappa shape index (κ1) is 13.2. The van der Waals surface area contributed by atoms with Crippen molar-refractivity contribution in [1.29, 1.82) is 0 Å². The molecule has 0 spiro atoms. The van der Waals surface area contributed by atoms with E-state index in [1.165, 1.54) is 0 Å². The lowest BCUT2D eigenvalue weighted by Gasteiger charge is -2.23. The number of halogens is 1. The van der Waals surface area contributed by atoms with E-state index in [-0.39, 0.29) is 0 Å². The van der Waals surface area contributed by atoms with Crippen LogP contribution in [0.15, 0.2) is 12.4 Å². The summed E-state index contributed by atoms with van der Waals surface area (Å²) in [6.45, 7) is 9.51. The topological polar surface area (TPSA) is 41.0 Å². The van der Waals surface area contributed by atoms with Gasteiger partial charge in [-0.1, -0.05) is 25.4 Å². The van der Waals surface area contributed by atoms with Crippen molar-refractivity contribution >= 4 is 17.4 Å². The number of rotatable bonds is 6. The Balaban J connectivity index is 2.51. The molecule has 0 aliphatic carbocycles. The quantitative estimate of drug-likeness (QED) is 0.831. The van der Waals surface area contributed by atoms with Crippen LogP contribution in [0.3, 0.4) is 0 Å². The van der Waals surface area contributed by atoms with E-state index in [0.29, 0.717) is 17.0 Å². The molecule has 0 aliphatic heterocycles. The average Bonchev–Trinajstić information content (AvgIpc) is 2.29. The van der Waals surface area contributed by atoms with Gasteiger partial charge in [-0.05, 0) is 20.0 Å². The normalized spacial score (nSPS) is 12.8. The minimum Gasteiger partial charge on any atom is -0.364 e. The average molecular weight is 243 g/mol. The summed E-state index contributed by atoms with van der Waals surface area (Å²) in [5, 5.41) is 3.69. The van der Waals surface area contributed by atoms with Crippen LogP contribution in [0.2, 0.25) is 5.15 Å². The Morgan fingerprint density at radius 1 is 1.31 bits per heavy atom. The van der Waals surface area contributed by atoms with E-state index in [2.05, 4.69) is 41.0 Å². The minimum absolute atomic E-state index is 0.300. The second kappa shape index (κ2) is 6.66. The second-order valence-corrected chi connectivity index (χ2v) is 4.09. The molecule has 1 atom stereocenters. The van der Waals surface area contributed by atoms with Crippen molar-refractivity contribution in [2.45, 2.75) is 26.8 Å². The molecule has 1 aromatic heterocycles. The Kier molecular flexibility index (Phi) is 5.49. The highest BCUT2D eigenvalue weighted by molar-refractivity contribution is 6.31. The van der Waals surface area contributed by atoms with Crippen LogP contribution in [-0.4, -0.2) is 40.5 Å². The summed E-state index contributed by atoms with van der Waals surface area (Å²) in [5.41, 5.74) is 0. The molecule has 1 aromatic rings. The van der Waals surface area contributed by atoms with Gasteiger partial charge in [0.05, 0.1) is 0 Å². The number of hydrogen-bond donors (Lipinski definition) is 1. The van der Waals surface area contributed by atoms with Crippen molar-refractivity contribution in [3.05, 3.63) is 17.5 Å². The Morgan fingerprint density at radius 2 is 1.94 bits per heavy atom. The molecule has 0 aliphatic rings. The van der Waals surface area contributed by atoms with Crippen molar-refractivity contribution < 1.29 is 0 Å². The molecule has 0 aromatic carbocycles. The van der Waals surface area contributed by atoms with Crippen molar-refractivity contribution in [2.24, 2.45) is 0 Å². The predicted octanol–water partition coefficient (Wildman–Crippen LogP) is 2.27. The molecule has 1 heterocycles. The Morgan fingerprint density at radius 3 is 2.50 bits per heavy atom. The number of aromatic nitrogens is 2. The highest BCUT2D eigenvalue weighted by Gasteiger charge is 2.09. The molecule has 90 valence electrons. The SMILES string of the molecule is CCN(CC)CC(C)Nc1nccnc1Cl. The van der Waals surface area contributed by atoms with Gasteiger partial charge in [0.25, 0.3) is 0 Å². The van der Waals surface area contributed by atoms with Crippen LogP contribution in [0.4, 0.5) is 5.82 Å². The van der Waals surface area contributed by atoms with Crippen molar-refractivity contribution in [2.75, 3.05) is 25.0 Å². The Bertz CT molecular complexity index is 315. The molecular weight excluding hydrogens is 224 g/mol. The second-order valence-electron chi connectivity index (χ2n) is 3.73. The van der Waals surface area contributed by atoms with Crippen LogP contribution >= 0.6 is 11.6 Å². The summed E-state index contributed by atoms with van der Waals surface area (Å²) in [6, 6.07) is 0.300. The minimum atomic E-state index is 0.300. The van der Waals surface area contributed by atoms with Gasteiger partial charge in [-0.2, -0.15) is 0 Å². The smallest absolute Gasteiger partial charge is 0.171 e. The van der Waals surface area contributed by atoms with Crippen LogP contribution in [0, 0.1) is 0 Å². The van der Waals surface area contributed by atoms with Crippen LogP contribution in [0.1, 0.15) is 20.8 Å². The maximum absolute atomic E-state index is 5.92. The number of anilines is 1. The van der Waals surface area contributed by atoms with E-state index in [1.54, 1.807) is 12.4 Å². The van der Waals surface area contributed by atoms with E-state index >= 15 is 0 Å². The summed E-state index contributed by atoms with van der Waals surface area (Å²) in [4.78, 5) is 10.5. The molecule has 16 heavy (non-hydrogen) atoms. The van der Waals surface area contributed by atoms with Gasteiger partial charge in [0.2, 0.25) is 0 Å². The van der Waals surface area contributed by atoms with Gasteiger partial charge in [0.1, 0.15) is 0 Å². The molecule has 0 fully saturated rings. The van der Waals surface area contributed by atoms with Gasteiger partial charge in [0, 0.05) is 25.0 Å². The van der Waals surface area contributed by atoms with Crippen LogP contribution < -0.4 is 5.32 Å². The highest BCUT2D eigenvalue weighted by Crippen LogP contribution is 2.15. The fourth-order valence-electron chi connectivity index (χ4n) is 1.57. The molecule has 1 N–H and O–H groups in total. The number of likely N-dealkylation sites (N-methyl/N-ethyl adjacent to an activating group) is 1. The van der Waals surface area contributed by atoms with E-state index in [0.717, 1.165) is 19.6 Å². The third-order valence-electron chi connectivity index (χ3n) is 2.46. The maximum atomic E-state index is 5.92. The number of nitrogens with zero attached hydrogens (tertiary/aromatic N) is 3. The molecule has 0 amide bonds. The van der Waals surface area contributed by atoms with Gasteiger partial charge < -0.3 is 10.2 Å². The fourth-order valence-corrected chi connectivity index (χ4v) is 1.73. The van der Waals surface area contributed by atoms with Crippen LogP contribution in [0.5, 0.6) is 0 Å². The molecular formula is C11H19ClN4. The first-order chi connectivity index (χ1) is 7.67. The van der Waals surface area contributed by atoms with Gasteiger partial charge >= 0.3 is 0 Å². The molecule has 0 bridgehead atoms. The first-order valence-corrected chi connectivity index (χ1v) is 6.00. The fraction of sp³-hybridized carbons (Fsp3) is 0.636. The lowest BCUT2D eigenvalue weighted by molar-refractivity contribution is 0.294. The van der Waals surface area contributed by atoms with Crippen molar-refractivity contribution in [1.82, 2.24) is 14.9 Å². The summed E-state index contributed by atoms with van der Waals surface area (Å²) in [7, 11) is 0. The van der Waals surface area contributed by atoms with Gasteiger partial charge in [-0.25, -0.2) is 9.97 Å². The highest BCUT2D eigenvalue weighted by atomic mass is 35.5. The lowest BCUT2D eigenvalue weighted by Crippen LogP contribution is -2.35. The first-order valence-electron chi connectivity index (χ1n) is 5.62. The molecule has 4 nitrogen and oxygen atoms in total. The summed E-state index contributed by atoms with van der Waals surface area (Å²) in [5.74, 6) is 0.656. The largest absolute Gasteiger partial charge is 0.364 e. The molecule has 0 saturated heterocycles. The third kappa shape index (κ3) is 3.94.